The molecule has 1 aliphatic heterocycles. The van der Waals surface area contributed by atoms with Gasteiger partial charge in [0.2, 0.25) is 11.8 Å². The van der Waals surface area contributed by atoms with Gasteiger partial charge < -0.3 is 25.0 Å². The van der Waals surface area contributed by atoms with E-state index in [1.54, 1.807) is 39.0 Å². The largest absolute Gasteiger partial charge is 0.496 e. The fourth-order valence-electron chi connectivity index (χ4n) is 5.15. The second kappa shape index (κ2) is 14.2. The number of aromatic nitrogens is 2. The minimum atomic E-state index is -1.21. The summed E-state index contributed by atoms with van der Waals surface area (Å²) in [6.07, 6.45) is 2.33. The molecule has 0 radical (unpaired) electrons. The van der Waals surface area contributed by atoms with Gasteiger partial charge in [-0.2, -0.15) is 4.98 Å². The van der Waals surface area contributed by atoms with E-state index < -0.39 is 36.3 Å². The molecule has 1 aromatic heterocycles. The second-order valence-electron chi connectivity index (χ2n) is 11.1. The molecule has 1 aromatic carbocycles. The Morgan fingerprint density at radius 2 is 1.83 bits per heavy atom. The highest BCUT2D eigenvalue weighted by Crippen LogP contribution is 2.26. The Balaban J connectivity index is 1.71. The fraction of sp³-hybridized carbons (Fsp3) is 0.586. The van der Waals surface area contributed by atoms with E-state index in [1.807, 2.05) is 13.8 Å². The Morgan fingerprint density at radius 1 is 1.15 bits per heavy atom. The molecule has 1 saturated heterocycles. The molecular formula is C29H41N5O7. The van der Waals surface area contributed by atoms with Crippen molar-refractivity contribution >= 4 is 23.6 Å². The number of aliphatic carboxylic acids is 1. The van der Waals surface area contributed by atoms with Gasteiger partial charge in [-0.25, -0.2) is 0 Å². The molecule has 0 saturated carbocycles. The molecule has 12 heteroatoms. The summed E-state index contributed by atoms with van der Waals surface area (Å²) in [5, 5.41) is 18.6. The monoisotopic (exact) mass is 571 g/mol. The molecule has 1 unspecified atom stereocenters. The average molecular weight is 572 g/mol. The van der Waals surface area contributed by atoms with Crippen molar-refractivity contribution < 1.29 is 33.5 Å². The molecule has 41 heavy (non-hydrogen) atoms. The van der Waals surface area contributed by atoms with Crippen LogP contribution in [0.4, 0.5) is 0 Å². The maximum Gasteiger partial charge on any atom is 0.305 e. The molecule has 2 aromatic rings. The molecule has 12 nitrogen and oxygen atoms in total. The molecule has 1 fully saturated rings. The Kier molecular flexibility index (Phi) is 11.0. The fourth-order valence-corrected chi connectivity index (χ4v) is 5.15. The molecule has 4 atom stereocenters. The van der Waals surface area contributed by atoms with Crippen LogP contribution in [0.2, 0.25) is 0 Å². The Bertz CT molecular complexity index is 1230. The van der Waals surface area contributed by atoms with Crippen molar-refractivity contribution in [2.45, 2.75) is 90.9 Å². The van der Waals surface area contributed by atoms with Crippen molar-refractivity contribution in [3.05, 3.63) is 29.6 Å². The van der Waals surface area contributed by atoms with Gasteiger partial charge in [-0.05, 0) is 57.7 Å². The number of piperidine rings is 1. The number of likely N-dealkylation sites (tertiary alicyclic amines) is 1. The number of benzene rings is 1. The van der Waals surface area contributed by atoms with E-state index in [4.69, 9.17) is 9.26 Å². The number of carbonyl (C=O) groups is 4. The number of methoxy groups -OCH3 is 1. The zero-order chi connectivity index (χ0) is 30.3. The molecule has 3 N–H and O–H groups in total. The number of amides is 2. The highest BCUT2D eigenvalue weighted by atomic mass is 16.5. The number of carbonyl (C=O) groups excluding carboxylic acids is 3. The zero-order valence-corrected chi connectivity index (χ0v) is 24.6. The van der Waals surface area contributed by atoms with Crippen LogP contribution >= 0.6 is 0 Å². The lowest BCUT2D eigenvalue weighted by atomic mass is 9.96. The summed E-state index contributed by atoms with van der Waals surface area (Å²) in [5.41, 5.74) is 1.16. The summed E-state index contributed by atoms with van der Waals surface area (Å²) in [5.74, 6) is -1.72. The van der Waals surface area contributed by atoms with Gasteiger partial charge >= 0.3 is 5.97 Å². The van der Waals surface area contributed by atoms with Crippen LogP contribution in [-0.2, 0) is 25.6 Å². The molecule has 1 aliphatic rings. The predicted octanol–water partition coefficient (Wildman–Crippen LogP) is 2.53. The van der Waals surface area contributed by atoms with Gasteiger partial charge in [-0.1, -0.05) is 25.4 Å². The number of hydrogen-bond donors (Lipinski definition) is 3. The van der Waals surface area contributed by atoms with E-state index in [0.29, 0.717) is 28.6 Å². The quantitative estimate of drug-likeness (QED) is 0.325. The summed E-state index contributed by atoms with van der Waals surface area (Å²) in [4.78, 5) is 57.5. The van der Waals surface area contributed by atoms with E-state index >= 15 is 0 Å². The van der Waals surface area contributed by atoms with Gasteiger partial charge in [0.05, 0.1) is 32.5 Å². The van der Waals surface area contributed by atoms with E-state index in [1.165, 1.54) is 7.11 Å². The van der Waals surface area contributed by atoms with Crippen LogP contribution in [0.1, 0.15) is 64.8 Å². The predicted molar refractivity (Wildman–Crippen MR) is 150 cm³/mol. The standard InChI is InChI=1S/C29H41N5O7/c1-16(2)27(28(39)31-22(14-26(37)38)23(35)15-34-17(3)8-7-9-18(34)4)32-25(36)13-21-12-20(10-11-24(21)40-6)29-30-19(5)33-41-29/h10-12,16-18,22,27H,7-9,13-15H2,1-6H3,(H,31,39)(H,32,36)(H,37,38)/t17-,18+,22?,27-/m0/s1. The SMILES string of the molecule is COc1ccc(-c2nc(C)no2)cc1CC(=O)N[C@H](C(=O)NC(CC(=O)O)C(=O)CN1[C@H](C)CCC[C@@H]1C)C(C)C. The lowest BCUT2D eigenvalue weighted by Gasteiger charge is -2.39. The number of nitrogens with one attached hydrogen (secondary N) is 2. The van der Waals surface area contributed by atoms with Crippen LogP contribution in [0.25, 0.3) is 11.5 Å². The molecular weight excluding hydrogens is 530 g/mol. The summed E-state index contributed by atoms with van der Waals surface area (Å²) in [6.45, 7) is 9.36. The van der Waals surface area contributed by atoms with Crippen molar-refractivity contribution in [3.63, 3.8) is 0 Å². The molecule has 2 amide bonds. The number of nitrogens with zero attached hydrogens (tertiary/aromatic N) is 3. The maximum atomic E-state index is 13.3. The summed E-state index contributed by atoms with van der Waals surface area (Å²) in [6, 6.07) is 3.30. The van der Waals surface area contributed by atoms with Gasteiger partial charge in [0.15, 0.2) is 11.6 Å². The third kappa shape index (κ3) is 8.59. The van der Waals surface area contributed by atoms with Gasteiger partial charge in [0.25, 0.3) is 5.89 Å². The van der Waals surface area contributed by atoms with Crippen molar-refractivity contribution in [1.82, 2.24) is 25.7 Å². The first kappa shape index (κ1) is 31.7. The maximum absolute atomic E-state index is 13.3. The minimum absolute atomic E-state index is 0.0506. The number of carboxylic acid groups (broad SMARTS) is 1. The van der Waals surface area contributed by atoms with Gasteiger partial charge in [0.1, 0.15) is 11.8 Å². The summed E-state index contributed by atoms with van der Waals surface area (Å²) < 4.78 is 10.6. The van der Waals surface area contributed by atoms with Crippen molar-refractivity contribution in [2.75, 3.05) is 13.7 Å². The van der Waals surface area contributed by atoms with E-state index in [0.717, 1.165) is 19.3 Å². The molecule has 0 spiro atoms. The lowest BCUT2D eigenvalue weighted by molar-refractivity contribution is -0.141. The minimum Gasteiger partial charge on any atom is -0.496 e. The molecule has 3 rings (SSSR count). The van der Waals surface area contributed by atoms with Crippen LogP contribution in [0.5, 0.6) is 5.75 Å². The Labute approximate surface area is 240 Å². The van der Waals surface area contributed by atoms with Gasteiger partial charge in [-0.15, -0.1) is 0 Å². The molecule has 2 heterocycles. The normalized spacial score (nSPS) is 18.9. The molecule has 0 bridgehead atoms. The summed E-state index contributed by atoms with van der Waals surface area (Å²) in [7, 11) is 1.49. The third-order valence-electron chi connectivity index (χ3n) is 7.47. The number of ether oxygens (including phenoxy) is 1. The second-order valence-corrected chi connectivity index (χ2v) is 11.1. The number of hydrogen-bond acceptors (Lipinski definition) is 9. The molecule has 0 aliphatic carbocycles. The summed E-state index contributed by atoms with van der Waals surface area (Å²) >= 11 is 0. The van der Waals surface area contributed by atoms with Crippen LogP contribution in [0, 0.1) is 12.8 Å². The molecule has 224 valence electrons. The Morgan fingerprint density at radius 3 is 2.39 bits per heavy atom. The average Bonchev–Trinajstić information content (AvgIpc) is 3.34. The highest BCUT2D eigenvalue weighted by molar-refractivity contribution is 5.95. The third-order valence-corrected chi connectivity index (χ3v) is 7.47. The topological polar surface area (TPSA) is 164 Å². The van der Waals surface area contributed by atoms with E-state index in [2.05, 4.69) is 25.7 Å². The number of carboxylic acids is 1. The lowest BCUT2D eigenvalue weighted by Crippen LogP contribution is -2.56. The smallest absolute Gasteiger partial charge is 0.305 e. The van der Waals surface area contributed by atoms with Crippen LogP contribution in [0.3, 0.4) is 0 Å². The van der Waals surface area contributed by atoms with Crippen LogP contribution < -0.4 is 15.4 Å². The zero-order valence-electron chi connectivity index (χ0n) is 24.6. The van der Waals surface area contributed by atoms with Crippen molar-refractivity contribution in [2.24, 2.45) is 5.92 Å². The van der Waals surface area contributed by atoms with E-state index in [9.17, 15) is 24.3 Å². The first-order valence-electron chi connectivity index (χ1n) is 14.0. The van der Waals surface area contributed by atoms with Crippen LogP contribution in [0.15, 0.2) is 22.7 Å². The van der Waals surface area contributed by atoms with Gasteiger partial charge in [-0.3, -0.25) is 24.1 Å². The first-order valence-corrected chi connectivity index (χ1v) is 14.0. The highest BCUT2D eigenvalue weighted by Gasteiger charge is 2.33. The number of Topliss-reactive ketones (excluding diaryl/α,β-unsaturated/α-hetero) is 1. The van der Waals surface area contributed by atoms with E-state index in [-0.39, 0.29) is 36.8 Å². The number of aryl methyl sites for hydroxylation is 1. The number of rotatable bonds is 13. The van der Waals surface area contributed by atoms with Crippen LogP contribution in [-0.4, -0.2) is 81.5 Å². The van der Waals surface area contributed by atoms with Crippen molar-refractivity contribution in [3.8, 4) is 17.2 Å². The van der Waals surface area contributed by atoms with Gasteiger partial charge in [0, 0.05) is 23.2 Å². The first-order chi connectivity index (χ1) is 19.4. The Hall–Kier alpha value is -3.80. The number of ketones is 1. The van der Waals surface area contributed by atoms with Crippen molar-refractivity contribution in [1.29, 1.82) is 0 Å².